The van der Waals surface area contributed by atoms with E-state index >= 15 is 0 Å². The molecule has 68 valence electrons. The van der Waals surface area contributed by atoms with Crippen LogP contribution in [0, 0.1) is 17.8 Å². The number of carbonyl (C=O) groups is 1. The molecule has 2 fully saturated rings. The Balaban J connectivity index is 2.09. The fourth-order valence-electron chi connectivity index (χ4n) is 2.84. The minimum Gasteiger partial charge on any atom is -0.481 e. The first-order valence-corrected chi connectivity index (χ1v) is 5.76. The van der Waals surface area contributed by atoms with Crippen LogP contribution in [0.15, 0.2) is 0 Å². The van der Waals surface area contributed by atoms with Gasteiger partial charge in [0.15, 0.2) is 0 Å². The molecule has 2 nitrogen and oxygen atoms in total. The summed E-state index contributed by atoms with van der Waals surface area (Å²) in [5.74, 6) is 0.596. The van der Waals surface area contributed by atoms with Gasteiger partial charge in [-0.05, 0) is 37.4 Å². The maximum atomic E-state index is 10.8. The van der Waals surface area contributed by atoms with Crippen molar-refractivity contribution in [3.05, 3.63) is 0 Å². The zero-order chi connectivity index (χ0) is 8.72. The molecule has 1 N–H and O–H groups in total. The highest BCUT2D eigenvalue weighted by molar-refractivity contribution is 7.99. The molecule has 12 heavy (non-hydrogen) atoms. The first-order valence-electron chi connectivity index (χ1n) is 4.48. The van der Waals surface area contributed by atoms with Crippen molar-refractivity contribution in [1.82, 2.24) is 0 Å². The van der Waals surface area contributed by atoms with Crippen LogP contribution in [0.2, 0.25) is 0 Å². The van der Waals surface area contributed by atoms with E-state index in [2.05, 4.69) is 6.26 Å². The number of carboxylic acids is 1. The van der Waals surface area contributed by atoms with Gasteiger partial charge < -0.3 is 5.11 Å². The van der Waals surface area contributed by atoms with Crippen LogP contribution in [-0.2, 0) is 4.79 Å². The molecular formula is C9H14O2S. The van der Waals surface area contributed by atoms with E-state index in [1.807, 2.05) is 11.8 Å². The van der Waals surface area contributed by atoms with Crippen molar-refractivity contribution in [2.75, 3.05) is 6.26 Å². The van der Waals surface area contributed by atoms with Crippen LogP contribution in [0.25, 0.3) is 0 Å². The van der Waals surface area contributed by atoms with Gasteiger partial charge in [0.05, 0.1) is 5.92 Å². The Kier molecular flexibility index (Phi) is 2.07. The van der Waals surface area contributed by atoms with Crippen molar-refractivity contribution in [3.8, 4) is 0 Å². The molecule has 2 aliphatic rings. The molecule has 0 unspecified atom stereocenters. The maximum Gasteiger partial charge on any atom is 0.306 e. The third-order valence-corrected chi connectivity index (χ3v) is 4.52. The first-order chi connectivity index (χ1) is 5.72. The smallest absolute Gasteiger partial charge is 0.306 e. The SMILES string of the molecule is CS[C@@H]1C[C@@H]2C[C@H]1[C@H](C(=O)O)C2. The van der Waals surface area contributed by atoms with Gasteiger partial charge in [-0.25, -0.2) is 0 Å². The second-order valence-electron chi connectivity index (χ2n) is 3.96. The van der Waals surface area contributed by atoms with Gasteiger partial charge in [0, 0.05) is 5.25 Å². The number of hydrogen-bond acceptors (Lipinski definition) is 2. The summed E-state index contributed by atoms with van der Waals surface area (Å²) in [5.41, 5.74) is 0. The van der Waals surface area contributed by atoms with E-state index in [-0.39, 0.29) is 5.92 Å². The number of aliphatic carboxylic acids is 1. The fraction of sp³-hybridized carbons (Fsp3) is 0.889. The molecule has 0 radical (unpaired) electrons. The van der Waals surface area contributed by atoms with Crippen LogP contribution in [0.4, 0.5) is 0 Å². The molecule has 3 heteroatoms. The molecule has 2 aliphatic carbocycles. The van der Waals surface area contributed by atoms with Gasteiger partial charge in [0.25, 0.3) is 0 Å². The minimum absolute atomic E-state index is 0.0267. The molecule has 2 rings (SSSR count). The Morgan fingerprint density at radius 1 is 1.42 bits per heavy atom. The maximum absolute atomic E-state index is 10.8. The standard InChI is InChI=1S/C9H14O2S/c1-12-8-4-5-2-6(8)7(3-5)9(10)11/h5-8H,2-4H2,1H3,(H,10,11)/t5-,6+,7-,8-/m1/s1. The first kappa shape index (κ1) is 8.42. The van der Waals surface area contributed by atoms with Gasteiger partial charge in [0.2, 0.25) is 0 Å². The summed E-state index contributed by atoms with van der Waals surface area (Å²) in [6.07, 6.45) is 5.47. The monoisotopic (exact) mass is 186 g/mol. The van der Waals surface area contributed by atoms with Gasteiger partial charge in [-0.15, -0.1) is 0 Å². The number of thioether (sulfide) groups is 1. The molecule has 0 saturated heterocycles. The zero-order valence-electron chi connectivity index (χ0n) is 7.19. The number of carboxylic acid groups (broad SMARTS) is 1. The van der Waals surface area contributed by atoms with Gasteiger partial charge in [-0.2, -0.15) is 11.8 Å². The Labute approximate surface area is 76.7 Å². The Hall–Kier alpha value is -0.180. The van der Waals surface area contributed by atoms with Crippen LogP contribution in [0.3, 0.4) is 0 Å². The largest absolute Gasteiger partial charge is 0.481 e. The molecule has 2 saturated carbocycles. The van der Waals surface area contributed by atoms with E-state index in [4.69, 9.17) is 5.11 Å². The third kappa shape index (κ3) is 1.15. The highest BCUT2D eigenvalue weighted by Gasteiger charge is 2.48. The van der Waals surface area contributed by atoms with Crippen molar-refractivity contribution in [2.24, 2.45) is 17.8 Å². The fourth-order valence-corrected chi connectivity index (χ4v) is 3.96. The van der Waals surface area contributed by atoms with Crippen LogP contribution in [-0.4, -0.2) is 22.6 Å². The summed E-state index contributed by atoms with van der Waals surface area (Å²) in [4.78, 5) is 10.8. The average molecular weight is 186 g/mol. The zero-order valence-corrected chi connectivity index (χ0v) is 8.01. The molecule has 0 aromatic heterocycles. The molecular weight excluding hydrogens is 172 g/mol. The lowest BCUT2D eigenvalue weighted by Gasteiger charge is -2.24. The molecule has 0 heterocycles. The lowest BCUT2D eigenvalue weighted by Crippen LogP contribution is -2.27. The van der Waals surface area contributed by atoms with Gasteiger partial charge in [-0.3, -0.25) is 4.79 Å². The van der Waals surface area contributed by atoms with Crippen molar-refractivity contribution >= 4 is 17.7 Å². The van der Waals surface area contributed by atoms with E-state index in [1.165, 1.54) is 12.8 Å². The molecule has 0 spiro atoms. The summed E-state index contributed by atoms with van der Waals surface area (Å²) < 4.78 is 0. The minimum atomic E-state index is -0.568. The topological polar surface area (TPSA) is 37.3 Å². The second-order valence-corrected chi connectivity index (χ2v) is 5.03. The van der Waals surface area contributed by atoms with Gasteiger partial charge in [-0.1, -0.05) is 0 Å². The summed E-state index contributed by atoms with van der Waals surface area (Å²) in [6.45, 7) is 0. The Morgan fingerprint density at radius 2 is 2.17 bits per heavy atom. The van der Waals surface area contributed by atoms with Crippen LogP contribution < -0.4 is 0 Å². The normalized spacial score (nSPS) is 45.1. The van der Waals surface area contributed by atoms with E-state index in [1.54, 1.807) is 0 Å². The van der Waals surface area contributed by atoms with E-state index in [0.717, 1.165) is 6.42 Å². The summed E-state index contributed by atoms with van der Waals surface area (Å²) in [5, 5.41) is 9.57. The molecule has 0 amide bonds. The van der Waals surface area contributed by atoms with Crippen LogP contribution in [0.1, 0.15) is 19.3 Å². The highest BCUT2D eigenvalue weighted by Crippen LogP contribution is 2.52. The predicted octanol–water partition coefficient (Wildman–Crippen LogP) is 1.85. The highest BCUT2D eigenvalue weighted by atomic mass is 32.2. The summed E-state index contributed by atoms with van der Waals surface area (Å²) in [6, 6.07) is 0. The molecule has 0 aliphatic heterocycles. The van der Waals surface area contributed by atoms with Crippen LogP contribution in [0.5, 0.6) is 0 Å². The van der Waals surface area contributed by atoms with E-state index in [9.17, 15) is 4.79 Å². The molecule has 0 aromatic carbocycles. The number of hydrogen-bond donors (Lipinski definition) is 1. The Bertz CT molecular complexity index is 205. The summed E-state index contributed by atoms with van der Waals surface area (Å²) >= 11 is 1.85. The summed E-state index contributed by atoms with van der Waals surface area (Å²) in [7, 11) is 0. The quantitative estimate of drug-likeness (QED) is 0.715. The molecule has 0 aromatic rings. The number of rotatable bonds is 2. The Morgan fingerprint density at radius 3 is 2.67 bits per heavy atom. The average Bonchev–Trinajstić information content (AvgIpc) is 2.60. The molecule has 4 atom stereocenters. The van der Waals surface area contributed by atoms with Gasteiger partial charge in [0.1, 0.15) is 0 Å². The molecule has 2 bridgehead atoms. The van der Waals surface area contributed by atoms with Crippen molar-refractivity contribution < 1.29 is 9.90 Å². The van der Waals surface area contributed by atoms with Gasteiger partial charge >= 0.3 is 5.97 Å². The van der Waals surface area contributed by atoms with Crippen molar-refractivity contribution in [3.63, 3.8) is 0 Å². The lowest BCUT2D eigenvalue weighted by molar-refractivity contribution is -0.143. The number of fused-ring (bicyclic) bond motifs is 2. The van der Waals surface area contributed by atoms with E-state index in [0.29, 0.717) is 17.1 Å². The lowest BCUT2D eigenvalue weighted by atomic mass is 9.88. The predicted molar refractivity (Wildman–Crippen MR) is 49.3 cm³/mol. The van der Waals surface area contributed by atoms with Crippen molar-refractivity contribution in [1.29, 1.82) is 0 Å². The third-order valence-electron chi connectivity index (χ3n) is 3.37. The second kappa shape index (κ2) is 2.95. The van der Waals surface area contributed by atoms with Crippen LogP contribution >= 0.6 is 11.8 Å². The van der Waals surface area contributed by atoms with E-state index < -0.39 is 5.97 Å². The van der Waals surface area contributed by atoms with Crippen molar-refractivity contribution in [2.45, 2.75) is 24.5 Å².